The van der Waals surface area contributed by atoms with Gasteiger partial charge in [-0.1, -0.05) is 37.3 Å². The molecule has 3 aromatic rings. The Morgan fingerprint density at radius 1 is 1.11 bits per heavy atom. The lowest BCUT2D eigenvalue weighted by atomic mass is 10.2. The number of carbonyl (C=O) groups is 1. The molecule has 0 atom stereocenters. The van der Waals surface area contributed by atoms with Crippen LogP contribution < -0.4 is 10.0 Å². The van der Waals surface area contributed by atoms with Crippen molar-refractivity contribution >= 4 is 48.3 Å². The lowest BCUT2D eigenvalue weighted by Gasteiger charge is -2.11. The van der Waals surface area contributed by atoms with Crippen LogP contribution in [0.5, 0.6) is 0 Å². The molecule has 6 nitrogen and oxygen atoms in total. The summed E-state index contributed by atoms with van der Waals surface area (Å²) in [5.41, 5.74) is 2.61. The first-order chi connectivity index (χ1) is 12.7. The molecule has 0 radical (unpaired) electrons. The summed E-state index contributed by atoms with van der Waals surface area (Å²) in [5, 5.41) is 3.27. The average Bonchev–Trinajstić information content (AvgIpc) is 2.97. The van der Waals surface area contributed by atoms with Crippen molar-refractivity contribution in [2.45, 2.75) is 32.6 Å². The summed E-state index contributed by atoms with van der Waals surface area (Å²) in [6.07, 6.45) is 0. The Morgan fingerprint density at radius 3 is 2.56 bits per heavy atom. The van der Waals surface area contributed by atoms with Crippen molar-refractivity contribution in [3.63, 3.8) is 0 Å². The summed E-state index contributed by atoms with van der Waals surface area (Å²) >= 11 is 1.35. The second kappa shape index (κ2) is 7.28. The van der Waals surface area contributed by atoms with Crippen molar-refractivity contribution in [2.24, 2.45) is 5.92 Å². The maximum absolute atomic E-state index is 12.8. The van der Waals surface area contributed by atoms with Crippen molar-refractivity contribution in [1.29, 1.82) is 0 Å². The highest BCUT2D eigenvalue weighted by molar-refractivity contribution is 7.92. The molecule has 0 saturated carbocycles. The fourth-order valence-electron chi connectivity index (χ4n) is 2.50. The summed E-state index contributed by atoms with van der Waals surface area (Å²) in [4.78, 5) is 16.5. The highest BCUT2D eigenvalue weighted by Crippen LogP contribution is 2.29. The van der Waals surface area contributed by atoms with Gasteiger partial charge in [0.1, 0.15) is 0 Å². The minimum atomic E-state index is -3.70. The van der Waals surface area contributed by atoms with Crippen LogP contribution in [0.2, 0.25) is 0 Å². The van der Waals surface area contributed by atoms with Crippen LogP contribution in [0, 0.1) is 19.8 Å². The zero-order valence-corrected chi connectivity index (χ0v) is 17.2. The van der Waals surface area contributed by atoms with Crippen LogP contribution >= 0.6 is 11.3 Å². The van der Waals surface area contributed by atoms with E-state index in [0.29, 0.717) is 21.9 Å². The number of benzene rings is 2. The van der Waals surface area contributed by atoms with Gasteiger partial charge in [0.25, 0.3) is 10.0 Å². The zero-order chi connectivity index (χ0) is 19.8. The summed E-state index contributed by atoms with van der Waals surface area (Å²) in [6, 6.07) is 10.5. The molecule has 3 rings (SSSR count). The number of thiazole rings is 1. The van der Waals surface area contributed by atoms with E-state index < -0.39 is 10.0 Å². The first-order valence-electron chi connectivity index (χ1n) is 8.47. The minimum absolute atomic E-state index is 0.107. The normalized spacial score (nSPS) is 11.7. The van der Waals surface area contributed by atoms with Crippen LogP contribution in [0.3, 0.4) is 0 Å². The number of hydrogen-bond acceptors (Lipinski definition) is 5. The number of hydrogen-bond donors (Lipinski definition) is 2. The van der Waals surface area contributed by atoms with Crippen LogP contribution in [0.1, 0.15) is 25.0 Å². The highest BCUT2D eigenvalue weighted by Gasteiger charge is 2.18. The molecule has 1 aromatic heterocycles. The Kier molecular flexibility index (Phi) is 5.21. The predicted octanol–water partition coefficient (Wildman–Crippen LogP) is 4.31. The zero-order valence-electron chi connectivity index (χ0n) is 15.5. The number of rotatable bonds is 5. The Labute approximate surface area is 162 Å². The smallest absolute Gasteiger partial charge is 0.262 e. The maximum atomic E-state index is 12.8. The fourth-order valence-corrected chi connectivity index (χ4v) is 4.73. The second-order valence-electron chi connectivity index (χ2n) is 6.72. The van der Waals surface area contributed by atoms with Gasteiger partial charge in [-0.3, -0.25) is 9.52 Å². The monoisotopic (exact) mass is 403 g/mol. The predicted molar refractivity (Wildman–Crippen MR) is 110 cm³/mol. The molecular formula is C19H21N3O3S2. The largest absolute Gasteiger partial charge is 0.302 e. The molecule has 1 heterocycles. The molecule has 142 valence electrons. The van der Waals surface area contributed by atoms with Crippen molar-refractivity contribution in [3.05, 3.63) is 47.5 Å². The Balaban J connectivity index is 1.89. The summed E-state index contributed by atoms with van der Waals surface area (Å²) in [7, 11) is -3.70. The summed E-state index contributed by atoms with van der Waals surface area (Å²) < 4.78 is 29.0. The maximum Gasteiger partial charge on any atom is 0.262 e. The van der Waals surface area contributed by atoms with Crippen LogP contribution in [0.15, 0.2) is 41.3 Å². The standard InChI is InChI=1S/C19H21N3O3S2/c1-11(2)18(23)21-19-20-15-10-14(7-8-16(15)26-19)22-27(24,25)17-9-12(3)5-6-13(17)4/h5-11,22H,1-4H3,(H,20,21,23). The number of anilines is 2. The van der Waals surface area contributed by atoms with Crippen LogP contribution in [0.4, 0.5) is 10.8 Å². The number of aromatic nitrogens is 1. The van der Waals surface area contributed by atoms with E-state index in [4.69, 9.17) is 0 Å². The lowest BCUT2D eigenvalue weighted by Crippen LogP contribution is -2.17. The van der Waals surface area contributed by atoms with Crippen LogP contribution in [-0.2, 0) is 14.8 Å². The third-order valence-corrected chi connectivity index (χ3v) is 6.50. The van der Waals surface area contributed by atoms with Crippen molar-refractivity contribution in [1.82, 2.24) is 4.98 Å². The Morgan fingerprint density at radius 2 is 1.85 bits per heavy atom. The fraction of sp³-hybridized carbons (Fsp3) is 0.263. The first-order valence-corrected chi connectivity index (χ1v) is 10.8. The van der Waals surface area contributed by atoms with E-state index in [2.05, 4.69) is 15.0 Å². The van der Waals surface area contributed by atoms with Gasteiger partial charge < -0.3 is 5.32 Å². The molecule has 8 heteroatoms. The van der Waals surface area contributed by atoms with Gasteiger partial charge in [-0.05, 0) is 49.2 Å². The highest BCUT2D eigenvalue weighted by atomic mass is 32.2. The molecule has 1 amide bonds. The van der Waals surface area contributed by atoms with E-state index in [-0.39, 0.29) is 16.7 Å². The molecule has 0 fully saturated rings. The molecule has 27 heavy (non-hydrogen) atoms. The van der Waals surface area contributed by atoms with Crippen molar-refractivity contribution in [2.75, 3.05) is 10.0 Å². The SMILES string of the molecule is Cc1ccc(C)c(S(=O)(=O)Nc2ccc3sc(NC(=O)C(C)C)nc3c2)c1. The summed E-state index contributed by atoms with van der Waals surface area (Å²) in [6.45, 7) is 7.24. The number of amides is 1. The molecule has 0 aliphatic carbocycles. The van der Waals surface area contributed by atoms with Gasteiger partial charge in [-0.25, -0.2) is 13.4 Å². The summed E-state index contributed by atoms with van der Waals surface area (Å²) in [5.74, 6) is -0.248. The Hall–Kier alpha value is -2.45. The third kappa shape index (κ3) is 4.28. The number of carbonyl (C=O) groups excluding carboxylic acids is 1. The number of fused-ring (bicyclic) bond motifs is 1. The van der Waals surface area contributed by atoms with E-state index >= 15 is 0 Å². The van der Waals surface area contributed by atoms with E-state index in [1.54, 1.807) is 37.3 Å². The van der Waals surface area contributed by atoms with Crippen molar-refractivity contribution < 1.29 is 13.2 Å². The first kappa shape index (κ1) is 19.3. The molecule has 2 N–H and O–H groups in total. The van der Waals surface area contributed by atoms with Gasteiger partial charge in [0.2, 0.25) is 5.91 Å². The quantitative estimate of drug-likeness (QED) is 0.664. The van der Waals surface area contributed by atoms with Crippen LogP contribution in [0.25, 0.3) is 10.2 Å². The second-order valence-corrected chi connectivity index (χ2v) is 9.40. The number of nitrogens with zero attached hydrogens (tertiary/aromatic N) is 1. The number of sulfonamides is 1. The minimum Gasteiger partial charge on any atom is -0.302 e. The van der Waals surface area contributed by atoms with Gasteiger partial charge in [-0.15, -0.1) is 0 Å². The molecule has 0 aliphatic heterocycles. The lowest BCUT2D eigenvalue weighted by molar-refractivity contribution is -0.118. The van der Waals surface area contributed by atoms with E-state index in [1.165, 1.54) is 11.3 Å². The van der Waals surface area contributed by atoms with Gasteiger partial charge in [0.15, 0.2) is 5.13 Å². The van der Waals surface area contributed by atoms with E-state index in [0.717, 1.165) is 10.3 Å². The molecular weight excluding hydrogens is 382 g/mol. The van der Waals surface area contributed by atoms with E-state index in [9.17, 15) is 13.2 Å². The van der Waals surface area contributed by atoms with Crippen molar-refractivity contribution in [3.8, 4) is 0 Å². The molecule has 0 unspecified atom stereocenters. The van der Waals surface area contributed by atoms with Gasteiger partial charge in [0, 0.05) is 5.92 Å². The van der Waals surface area contributed by atoms with Gasteiger partial charge in [-0.2, -0.15) is 0 Å². The number of nitrogens with one attached hydrogen (secondary N) is 2. The molecule has 2 aromatic carbocycles. The van der Waals surface area contributed by atoms with Crippen LogP contribution in [-0.4, -0.2) is 19.3 Å². The van der Waals surface area contributed by atoms with Gasteiger partial charge >= 0.3 is 0 Å². The molecule has 0 aliphatic rings. The Bertz CT molecular complexity index is 1120. The topological polar surface area (TPSA) is 88.2 Å². The molecule has 0 saturated heterocycles. The third-order valence-electron chi connectivity index (χ3n) is 4.03. The molecule has 0 spiro atoms. The average molecular weight is 404 g/mol. The van der Waals surface area contributed by atoms with Gasteiger partial charge in [0.05, 0.1) is 20.8 Å². The molecule has 0 bridgehead atoms. The van der Waals surface area contributed by atoms with E-state index in [1.807, 2.05) is 26.8 Å². The number of aryl methyl sites for hydroxylation is 2.